The predicted molar refractivity (Wildman–Crippen MR) is 79.2 cm³/mol. The number of halogens is 1. The summed E-state index contributed by atoms with van der Waals surface area (Å²) in [5, 5.41) is 0. The monoisotopic (exact) mass is 294 g/mol. The molecule has 1 fully saturated rings. The fourth-order valence-corrected chi connectivity index (χ4v) is 3.12. The molecule has 5 heteroatoms. The Bertz CT molecular complexity index is 618. The Balaban J connectivity index is 2.09. The van der Waals surface area contributed by atoms with E-state index in [-0.39, 0.29) is 5.60 Å². The van der Waals surface area contributed by atoms with Crippen LogP contribution in [0.3, 0.4) is 0 Å². The minimum atomic E-state index is -0.267. The first kappa shape index (κ1) is 13.9. The van der Waals surface area contributed by atoms with Gasteiger partial charge in [0.25, 0.3) is 0 Å². The first-order valence-electron chi connectivity index (χ1n) is 6.83. The molecule has 2 heterocycles. The van der Waals surface area contributed by atoms with Crippen LogP contribution in [0.1, 0.15) is 17.8 Å². The van der Waals surface area contributed by atoms with Crippen molar-refractivity contribution in [3.05, 3.63) is 29.6 Å². The van der Waals surface area contributed by atoms with Gasteiger partial charge in [-0.3, -0.25) is 0 Å². The average Bonchev–Trinajstić information content (AvgIpc) is 3.05. The second-order valence-electron chi connectivity index (χ2n) is 5.38. The highest BCUT2D eigenvalue weighted by atomic mass is 35.5. The van der Waals surface area contributed by atoms with E-state index in [1.807, 2.05) is 12.1 Å². The van der Waals surface area contributed by atoms with Crippen molar-refractivity contribution in [1.82, 2.24) is 9.55 Å². The summed E-state index contributed by atoms with van der Waals surface area (Å²) in [5.74, 6) is 1.29. The third kappa shape index (κ3) is 2.22. The van der Waals surface area contributed by atoms with Crippen molar-refractivity contribution in [2.45, 2.75) is 31.4 Å². The number of ether oxygens (including phenoxy) is 2. The van der Waals surface area contributed by atoms with Gasteiger partial charge in [0.05, 0.1) is 30.1 Å². The summed E-state index contributed by atoms with van der Waals surface area (Å²) in [6, 6.07) is 6.15. The molecule has 0 bridgehead atoms. The number of nitrogens with zero attached hydrogens (tertiary/aromatic N) is 2. The van der Waals surface area contributed by atoms with Gasteiger partial charge in [-0.05, 0) is 18.6 Å². The molecule has 0 N–H and O–H groups in total. The zero-order valence-electron chi connectivity index (χ0n) is 11.9. The van der Waals surface area contributed by atoms with Crippen LogP contribution in [0.4, 0.5) is 0 Å². The summed E-state index contributed by atoms with van der Waals surface area (Å²) in [7, 11) is 1.75. The van der Waals surface area contributed by atoms with E-state index in [2.05, 4.69) is 22.5 Å². The number of methoxy groups -OCH3 is 1. The Morgan fingerprint density at radius 3 is 3.00 bits per heavy atom. The van der Waals surface area contributed by atoms with Crippen LogP contribution < -0.4 is 0 Å². The van der Waals surface area contributed by atoms with Crippen molar-refractivity contribution in [3.8, 4) is 0 Å². The number of aromatic nitrogens is 2. The minimum Gasteiger partial charge on any atom is -0.378 e. The lowest BCUT2D eigenvalue weighted by Crippen LogP contribution is -2.37. The zero-order valence-corrected chi connectivity index (χ0v) is 12.6. The van der Waals surface area contributed by atoms with Crippen molar-refractivity contribution in [1.29, 1.82) is 0 Å². The summed E-state index contributed by atoms with van der Waals surface area (Å²) < 4.78 is 13.5. The third-order valence-electron chi connectivity index (χ3n) is 4.11. The van der Waals surface area contributed by atoms with Gasteiger partial charge in [0.1, 0.15) is 11.4 Å². The summed E-state index contributed by atoms with van der Waals surface area (Å²) >= 11 is 6.07. The Morgan fingerprint density at radius 2 is 2.35 bits per heavy atom. The van der Waals surface area contributed by atoms with Gasteiger partial charge in [-0.2, -0.15) is 0 Å². The van der Waals surface area contributed by atoms with E-state index in [1.54, 1.807) is 7.11 Å². The molecule has 4 nitrogen and oxygen atoms in total. The lowest BCUT2D eigenvalue weighted by molar-refractivity contribution is -0.0291. The van der Waals surface area contributed by atoms with Gasteiger partial charge in [-0.15, -0.1) is 11.6 Å². The summed E-state index contributed by atoms with van der Waals surface area (Å²) in [6.07, 6.45) is 0.900. The molecule has 1 aromatic heterocycles. The number of hydrogen-bond donors (Lipinski definition) is 0. The minimum absolute atomic E-state index is 0.267. The van der Waals surface area contributed by atoms with E-state index in [0.29, 0.717) is 12.5 Å². The van der Waals surface area contributed by atoms with Crippen molar-refractivity contribution in [2.24, 2.45) is 0 Å². The molecule has 0 spiro atoms. The smallest absolute Gasteiger partial charge is 0.124 e. The van der Waals surface area contributed by atoms with Gasteiger partial charge in [0, 0.05) is 20.1 Å². The Kier molecular flexibility index (Phi) is 3.71. The standard InChI is InChI=1S/C15H19ClN2O2/c1-11-4-3-5-12-14(11)18(13(8-16)17-12)9-15(19-2)6-7-20-10-15/h3-5H,6-10H2,1-2H3. The number of aryl methyl sites for hydroxylation is 1. The number of hydrogen-bond acceptors (Lipinski definition) is 3. The van der Waals surface area contributed by atoms with Crippen molar-refractivity contribution in [2.75, 3.05) is 20.3 Å². The van der Waals surface area contributed by atoms with Crippen LogP contribution >= 0.6 is 11.6 Å². The van der Waals surface area contributed by atoms with E-state index >= 15 is 0 Å². The fourth-order valence-electron chi connectivity index (χ4n) is 2.91. The highest BCUT2D eigenvalue weighted by Gasteiger charge is 2.36. The van der Waals surface area contributed by atoms with Crippen LogP contribution in [0.25, 0.3) is 11.0 Å². The topological polar surface area (TPSA) is 36.3 Å². The largest absolute Gasteiger partial charge is 0.378 e. The van der Waals surface area contributed by atoms with E-state index in [1.165, 1.54) is 5.56 Å². The molecule has 1 aromatic carbocycles. The van der Waals surface area contributed by atoms with Crippen LogP contribution in [-0.4, -0.2) is 35.5 Å². The predicted octanol–water partition coefficient (Wildman–Crippen LogP) is 2.89. The molecule has 0 radical (unpaired) electrons. The molecule has 1 atom stereocenters. The van der Waals surface area contributed by atoms with Crippen molar-refractivity contribution >= 4 is 22.6 Å². The normalized spacial score (nSPS) is 22.8. The van der Waals surface area contributed by atoms with Gasteiger partial charge in [0.2, 0.25) is 0 Å². The van der Waals surface area contributed by atoms with Gasteiger partial charge in [-0.25, -0.2) is 4.98 Å². The molecule has 1 aliphatic rings. The SMILES string of the molecule is COC1(Cn2c(CCl)nc3cccc(C)c32)CCOC1. The summed E-state index contributed by atoms with van der Waals surface area (Å²) in [6.45, 7) is 4.20. The number of benzene rings is 1. The molecular weight excluding hydrogens is 276 g/mol. The number of fused-ring (bicyclic) bond motifs is 1. The van der Waals surface area contributed by atoms with Crippen LogP contribution in [-0.2, 0) is 21.9 Å². The van der Waals surface area contributed by atoms with Crippen LogP contribution in [0.15, 0.2) is 18.2 Å². The average molecular weight is 295 g/mol. The molecule has 108 valence electrons. The first-order chi connectivity index (χ1) is 9.69. The van der Waals surface area contributed by atoms with Crippen molar-refractivity contribution in [3.63, 3.8) is 0 Å². The second-order valence-corrected chi connectivity index (χ2v) is 5.65. The third-order valence-corrected chi connectivity index (χ3v) is 4.35. The molecule has 2 aromatic rings. The Hall–Kier alpha value is -1.10. The Labute approximate surface area is 123 Å². The van der Waals surface area contributed by atoms with Crippen LogP contribution in [0, 0.1) is 6.92 Å². The van der Waals surface area contributed by atoms with E-state index in [0.717, 1.165) is 36.4 Å². The second kappa shape index (κ2) is 5.35. The number of alkyl halides is 1. The number of rotatable bonds is 4. The molecule has 1 unspecified atom stereocenters. The molecular formula is C15H19ClN2O2. The van der Waals surface area contributed by atoms with Gasteiger partial charge in [-0.1, -0.05) is 12.1 Å². The maximum atomic E-state index is 6.07. The highest BCUT2D eigenvalue weighted by molar-refractivity contribution is 6.16. The number of para-hydroxylation sites is 1. The molecule has 3 rings (SSSR count). The molecule has 0 amide bonds. The van der Waals surface area contributed by atoms with Crippen LogP contribution in [0.2, 0.25) is 0 Å². The quantitative estimate of drug-likeness (QED) is 0.814. The molecule has 1 aliphatic heterocycles. The summed E-state index contributed by atoms with van der Waals surface area (Å²) in [5.41, 5.74) is 3.07. The van der Waals surface area contributed by atoms with Crippen LogP contribution in [0.5, 0.6) is 0 Å². The molecule has 20 heavy (non-hydrogen) atoms. The maximum absolute atomic E-state index is 6.07. The molecule has 0 aliphatic carbocycles. The van der Waals surface area contributed by atoms with Crippen molar-refractivity contribution < 1.29 is 9.47 Å². The van der Waals surface area contributed by atoms with E-state index in [4.69, 9.17) is 21.1 Å². The Morgan fingerprint density at radius 1 is 1.50 bits per heavy atom. The fraction of sp³-hybridized carbons (Fsp3) is 0.533. The molecule has 0 saturated carbocycles. The highest BCUT2D eigenvalue weighted by Crippen LogP contribution is 2.29. The summed E-state index contributed by atoms with van der Waals surface area (Å²) in [4.78, 5) is 4.63. The lowest BCUT2D eigenvalue weighted by Gasteiger charge is -2.27. The van der Waals surface area contributed by atoms with Gasteiger partial charge in [0.15, 0.2) is 0 Å². The zero-order chi connectivity index (χ0) is 14.2. The van der Waals surface area contributed by atoms with Gasteiger partial charge >= 0.3 is 0 Å². The lowest BCUT2D eigenvalue weighted by atomic mass is 10.0. The van der Waals surface area contributed by atoms with Gasteiger partial charge < -0.3 is 14.0 Å². The maximum Gasteiger partial charge on any atom is 0.124 e. The van der Waals surface area contributed by atoms with E-state index < -0.39 is 0 Å². The number of imidazole rings is 1. The van der Waals surface area contributed by atoms with E-state index in [9.17, 15) is 0 Å². The molecule has 1 saturated heterocycles. The first-order valence-corrected chi connectivity index (χ1v) is 7.36.